The number of halogens is 1. The molecule has 20 heavy (non-hydrogen) atoms. The van der Waals surface area contributed by atoms with Crippen LogP contribution in [-0.4, -0.2) is 19.1 Å². The van der Waals surface area contributed by atoms with Gasteiger partial charge in [-0.15, -0.1) is 0 Å². The van der Waals surface area contributed by atoms with E-state index in [1.165, 1.54) is 12.5 Å². The number of benzene rings is 1. The first-order chi connectivity index (χ1) is 9.75. The van der Waals surface area contributed by atoms with Gasteiger partial charge >= 0.3 is 0 Å². The van der Waals surface area contributed by atoms with E-state index in [0.29, 0.717) is 5.56 Å². The van der Waals surface area contributed by atoms with Gasteiger partial charge in [-0.1, -0.05) is 33.8 Å². The van der Waals surface area contributed by atoms with Crippen molar-refractivity contribution in [2.75, 3.05) is 13.2 Å². The van der Waals surface area contributed by atoms with Crippen LogP contribution >= 0.6 is 15.9 Å². The maximum absolute atomic E-state index is 11.5. The van der Waals surface area contributed by atoms with Crippen LogP contribution in [-0.2, 0) is 0 Å². The smallest absolute Gasteiger partial charge is 0.255 e. The molecule has 0 saturated carbocycles. The average molecular weight is 334 g/mol. The molecule has 1 aromatic carbocycles. The molecule has 0 aliphatic rings. The summed E-state index contributed by atoms with van der Waals surface area (Å²) < 4.78 is 11.2. The Morgan fingerprint density at radius 1 is 1.35 bits per heavy atom. The number of carbonyl (C=O) groups is 1. The number of ether oxygens (including phenoxy) is 1. The minimum Gasteiger partial charge on any atom is -0.481 e. The SMILES string of the molecule is O=C(NCC#CCOc1cccc(Br)c1)c1ccoc1. The van der Waals surface area contributed by atoms with E-state index in [2.05, 4.69) is 33.1 Å². The number of carbonyl (C=O) groups excluding carboxylic acids is 1. The number of furan rings is 1. The number of rotatable bonds is 4. The van der Waals surface area contributed by atoms with Crippen LogP contribution in [0.2, 0.25) is 0 Å². The van der Waals surface area contributed by atoms with E-state index in [1.807, 2.05) is 24.3 Å². The number of nitrogens with one attached hydrogen (secondary N) is 1. The van der Waals surface area contributed by atoms with Crippen LogP contribution in [0.3, 0.4) is 0 Å². The third-order valence-corrected chi connectivity index (χ3v) is 2.85. The minimum atomic E-state index is -0.207. The fraction of sp³-hybridized carbons (Fsp3) is 0.133. The monoisotopic (exact) mass is 333 g/mol. The van der Waals surface area contributed by atoms with Crippen LogP contribution in [0.1, 0.15) is 10.4 Å². The van der Waals surface area contributed by atoms with Crippen LogP contribution in [0, 0.1) is 11.8 Å². The minimum absolute atomic E-state index is 0.207. The van der Waals surface area contributed by atoms with Crippen LogP contribution in [0.4, 0.5) is 0 Å². The Hall–Kier alpha value is -2.19. The van der Waals surface area contributed by atoms with Crippen molar-refractivity contribution in [2.24, 2.45) is 0 Å². The van der Waals surface area contributed by atoms with E-state index in [0.717, 1.165) is 10.2 Å². The molecule has 1 aromatic heterocycles. The van der Waals surface area contributed by atoms with Gasteiger partial charge in [0, 0.05) is 4.47 Å². The highest BCUT2D eigenvalue weighted by molar-refractivity contribution is 9.10. The largest absolute Gasteiger partial charge is 0.481 e. The van der Waals surface area contributed by atoms with Crippen LogP contribution in [0.5, 0.6) is 5.75 Å². The highest BCUT2D eigenvalue weighted by Gasteiger charge is 2.03. The number of hydrogen-bond donors (Lipinski definition) is 1. The van der Waals surface area contributed by atoms with Crippen molar-refractivity contribution in [3.05, 3.63) is 52.9 Å². The van der Waals surface area contributed by atoms with Crippen molar-refractivity contribution < 1.29 is 13.9 Å². The summed E-state index contributed by atoms with van der Waals surface area (Å²) in [7, 11) is 0. The van der Waals surface area contributed by atoms with Crippen LogP contribution in [0.15, 0.2) is 51.7 Å². The standard InChI is InChI=1S/C15H12BrNO3/c16-13-4-3-5-14(10-13)20-8-2-1-7-17-15(18)12-6-9-19-11-12/h3-6,9-11H,7-8H2,(H,17,18). The summed E-state index contributed by atoms with van der Waals surface area (Å²) in [5.41, 5.74) is 0.484. The van der Waals surface area contributed by atoms with Gasteiger partial charge in [-0.3, -0.25) is 4.79 Å². The fourth-order valence-corrected chi connectivity index (χ4v) is 1.79. The van der Waals surface area contributed by atoms with Gasteiger partial charge in [0.25, 0.3) is 5.91 Å². The Kier molecular flexibility index (Phi) is 5.27. The Morgan fingerprint density at radius 3 is 3.00 bits per heavy atom. The highest BCUT2D eigenvalue weighted by atomic mass is 79.9. The number of amides is 1. The molecular formula is C15H12BrNO3. The lowest BCUT2D eigenvalue weighted by Gasteiger charge is -2.01. The molecule has 0 aliphatic carbocycles. The Morgan fingerprint density at radius 2 is 2.25 bits per heavy atom. The van der Waals surface area contributed by atoms with Gasteiger partial charge in [0.2, 0.25) is 0 Å². The second-order valence-electron chi connectivity index (χ2n) is 3.79. The molecule has 1 heterocycles. The second kappa shape index (κ2) is 7.41. The second-order valence-corrected chi connectivity index (χ2v) is 4.71. The first-order valence-electron chi connectivity index (χ1n) is 5.90. The van der Waals surface area contributed by atoms with Gasteiger partial charge in [0.05, 0.1) is 18.4 Å². The molecule has 2 aromatic rings. The highest BCUT2D eigenvalue weighted by Crippen LogP contribution is 2.17. The zero-order chi connectivity index (χ0) is 14.2. The van der Waals surface area contributed by atoms with Gasteiger partial charge < -0.3 is 14.5 Å². The molecule has 0 unspecified atom stereocenters. The van der Waals surface area contributed by atoms with Crippen molar-refractivity contribution in [1.82, 2.24) is 5.32 Å². The molecule has 2 rings (SSSR count). The maximum Gasteiger partial charge on any atom is 0.255 e. The quantitative estimate of drug-likeness (QED) is 0.875. The van der Waals surface area contributed by atoms with E-state index in [1.54, 1.807) is 6.07 Å². The lowest BCUT2D eigenvalue weighted by molar-refractivity contribution is 0.0958. The molecule has 1 N–H and O–H groups in total. The van der Waals surface area contributed by atoms with Crippen molar-refractivity contribution >= 4 is 21.8 Å². The molecule has 102 valence electrons. The first kappa shape index (κ1) is 14.2. The fourth-order valence-electron chi connectivity index (χ4n) is 1.41. The van der Waals surface area contributed by atoms with Crippen molar-refractivity contribution in [2.45, 2.75) is 0 Å². The molecule has 0 saturated heterocycles. The topological polar surface area (TPSA) is 51.5 Å². The predicted molar refractivity (Wildman–Crippen MR) is 78.5 cm³/mol. The van der Waals surface area contributed by atoms with Gasteiger partial charge in [-0.05, 0) is 24.3 Å². The normalized spacial score (nSPS) is 9.45. The van der Waals surface area contributed by atoms with E-state index >= 15 is 0 Å². The van der Waals surface area contributed by atoms with Crippen LogP contribution < -0.4 is 10.1 Å². The first-order valence-corrected chi connectivity index (χ1v) is 6.69. The van der Waals surface area contributed by atoms with E-state index in [4.69, 9.17) is 9.15 Å². The molecule has 0 fully saturated rings. The van der Waals surface area contributed by atoms with Gasteiger partial charge in [0.15, 0.2) is 0 Å². The summed E-state index contributed by atoms with van der Waals surface area (Å²) in [5, 5.41) is 2.66. The summed E-state index contributed by atoms with van der Waals surface area (Å²) in [6.45, 7) is 0.546. The van der Waals surface area contributed by atoms with E-state index in [9.17, 15) is 4.79 Å². The van der Waals surface area contributed by atoms with Gasteiger partial charge in [-0.25, -0.2) is 0 Å². The third kappa shape index (κ3) is 4.48. The predicted octanol–water partition coefficient (Wildman–Crippen LogP) is 2.85. The van der Waals surface area contributed by atoms with Crippen molar-refractivity contribution in [3.63, 3.8) is 0 Å². The molecule has 0 atom stereocenters. The summed E-state index contributed by atoms with van der Waals surface area (Å²) in [4.78, 5) is 11.5. The lowest BCUT2D eigenvalue weighted by Crippen LogP contribution is -2.23. The third-order valence-electron chi connectivity index (χ3n) is 2.35. The molecular weight excluding hydrogens is 322 g/mol. The summed E-state index contributed by atoms with van der Waals surface area (Å²) >= 11 is 3.36. The van der Waals surface area contributed by atoms with Gasteiger partial charge in [0.1, 0.15) is 18.6 Å². The summed E-state index contributed by atoms with van der Waals surface area (Å²) in [5.74, 6) is 6.18. The Labute approximate surface area is 125 Å². The van der Waals surface area contributed by atoms with E-state index < -0.39 is 0 Å². The molecule has 1 amide bonds. The summed E-state index contributed by atoms with van der Waals surface area (Å²) in [6, 6.07) is 9.12. The molecule has 0 radical (unpaired) electrons. The van der Waals surface area contributed by atoms with E-state index in [-0.39, 0.29) is 19.1 Å². The Balaban J connectivity index is 1.69. The molecule has 0 aliphatic heterocycles. The van der Waals surface area contributed by atoms with Crippen molar-refractivity contribution in [1.29, 1.82) is 0 Å². The molecule has 5 heteroatoms. The molecule has 0 bridgehead atoms. The van der Waals surface area contributed by atoms with Crippen LogP contribution in [0.25, 0.3) is 0 Å². The summed E-state index contributed by atoms with van der Waals surface area (Å²) in [6.07, 6.45) is 2.84. The number of hydrogen-bond acceptors (Lipinski definition) is 3. The van der Waals surface area contributed by atoms with Crippen molar-refractivity contribution in [3.8, 4) is 17.6 Å². The molecule has 4 nitrogen and oxygen atoms in total. The lowest BCUT2D eigenvalue weighted by atomic mass is 10.3. The maximum atomic E-state index is 11.5. The average Bonchev–Trinajstić information content (AvgIpc) is 2.96. The molecule has 0 spiro atoms. The Bertz CT molecular complexity index is 626. The van der Waals surface area contributed by atoms with Gasteiger partial charge in [-0.2, -0.15) is 0 Å². The zero-order valence-corrected chi connectivity index (χ0v) is 12.1. The zero-order valence-electron chi connectivity index (χ0n) is 10.6.